The number of carbonyl (C=O) groups excluding carboxylic acids is 1. The molecule has 6 nitrogen and oxygen atoms in total. The van der Waals surface area contributed by atoms with E-state index in [1.54, 1.807) is 32.2 Å². The maximum Gasteiger partial charge on any atom is 0.326 e. The van der Waals surface area contributed by atoms with Crippen LogP contribution in [0.3, 0.4) is 0 Å². The Bertz CT molecular complexity index is 499. The van der Waals surface area contributed by atoms with Crippen LogP contribution in [-0.4, -0.2) is 40.1 Å². The van der Waals surface area contributed by atoms with Gasteiger partial charge in [0.15, 0.2) is 0 Å². The maximum atomic E-state index is 12.0. The second kappa shape index (κ2) is 7.40. The molecule has 0 aromatic carbocycles. The Morgan fingerprint density at radius 1 is 1.38 bits per heavy atom. The number of hydrogen-bond donors (Lipinski definition) is 2. The molecule has 1 aromatic rings. The van der Waals surface area contributed by atoms with Crippen LogP contribution in [-0.2, 0) is 11.3 Å². The lowest BCUT2D eigenvalue weighted by molar-refractivity contribution is -0.140. The Hall–Kier alpha value is -1.63. The van der Waals surface area contributed by atoms with Gasteiger partial charge < -0.3 is 15.3 Å². The Kier molecular flexibility index (Phi) is 6.14. The molecule has 1 rings (SSSR count). The summed E-state index contributed by atoms with van der Waals surface area (Å²) in [4.78, 5) is 29.0. The van der Waals surface area contributed by atoms with Crippen LogP contribution in [0.15, 0.2) is 5.38 Å². The zero-order valence-corrected chi connectivity index (χ0v) is 13.9. The number of thiazole rings is 1. The van der Waals surface area contributed by atoms with Crippen LogP contribution in [0.25, 0.3) is 0 Å². The molecule has 0 aliphatic heterocycles. The summed E-state index contributed by atoms with van der Waals surface area (Å²) in [5.41, 5.74) is 0.817. The summed E-state index contributed by atoms with van der Waals surface area (Å²) >= 11 is 1.57. The smallest absolute Gasteiger partial charge is 0.326 e. The molecule has 0 unspecified atom stereocenters. The van der Waals surface area contributed by atoms with Gasteiger partial charge in [-0.3, -0.25) is 0 Å². The first kappa shape index (κ1) is 17.4. The Morgan fingerprint density at radius 2 is 2.00 bits per heavy atom. The molecule has 0 fully saturated rings. The lowest BCUT2D eigenvalue weighted by Crippen LogP contribution is -2.48. The van der Waals surface area contributed by atoms with E-state index in [9.17, 15) is 9.59 Å². The number of carbonyl (C=O) groups is 2. The summed E-state index contributed by atoms with van der Waals surface area (Å²) in [6.45, 7) is 8.01. The van der Waals surface area contributed by atoms with Gasteiger partial charge in [-0.25, -0.2) is 14.6 Å². The summed E-state index contributed by atoms with van der Waals surface area (Å²) in [7, 11) is 1.63. The van der Waals surface area contributed by atoms with Crippen LogP contribution in [0.2, 0.25) is 0 Å². The van der Waals surface area contributed by atoms with Gasteiger partial charge in [-0.1, -0.05) is 27.7 Å². The molecule has 0 aliphatic carbocycles. The van der Waals surface area contributed by atoms with Gasteiger partial charge in [-0.15, -0.1) is 11.3 Å². The van der Waals surface area contributed by atoms with E-state index in [1.807, 2.05) is 5.38 Å². The predicted octanol–water partition coefficient (Wildman–Crippen LogP) is 2.52. The van der Waals surface area contributed by atoms with E-state index in [0.717, 1.165) is 10.7 Å². The molecule has 1 atom stereocenters. The van der Waals surface area contributed by atoms with E-state index >= 15 is 0 Å². The lowest BCUT2D eigenvalue weighted by atomic mass is 10.1. The number of nitrogens with zero attached hydrogens (tertiary/aromatic N) is 2. The molecule has 0 radical (unpaired) electrons. The highest BCUT2D eigenvalue weighted by Crippen LogP contribution is 2.19. The highest BCUT2D eigenvalue weighted by molar-refractivity contribution is 7.09. The maximum absolute atomic E-state index is 12.0. The predicted molar refractivity (Wildman–Crippen MR) is 82.5 cm³/mol. The lowest BCUT2D eigenvalue weighted by Gasteiger charge is -2.22. The average molecular weight is 313 g/mol. The number of carboxylic acid groups (broad SMARTS) is 1. The highest BCUT2D eigenvalue weighted by atomic mass is 32.1. The number of aromatic nitrogens is 1. The van der Waals surface area contributed by atoms with E-state index < -0.39 is 18.0 Å². The number of urea groups is 1. The fourth-order valence-corrected chi connectivity index (χ4v) is 2.56. The molecule has 7 heteroatoms. The van der Waals surface area contributed by atoms with Gasteiger partial charge in [-0.2, -0.15) is 0 Å². The van der Waals surface area contributed by atoms with Gasteiger partial charge in [-0.05, 0) is 5.92 Å². The summed E-state index contributed by atoms with van der Waals surface area (Å²) in [5.74, 6) is -0.839. The van der Waals surface area contributed by atoms with Crippen LogP contribution in [0.5, 0.6) is 0 Å². The van der Waals surface area contributed by atoms with Gasteiger partial charge in [0.2, 0.25) is 0 Å². The molecule has 0 aliphatic rings. The zero-order chi connectivity index (χ0) is 16.2. The zero-order valence-electron chi connectivity index (χ0n) is 13.1. The van der Waals surface area contributed by atoms with Crippen molar-refractivity contribution >= 4 is 23.3 Å². The number of hydrogen-bond acceptors (Lipinski definition) is 4. The minimum atomic E-state index is -1.03. The third-order valence-electron chi connectivity index (χ3n) is 3.02. The van der Waals surface area contributed by atoms with Crippen LogP contribution < -0.4 is 5.32 Å². The largest absolute Gasteiger partial charge is 0.480 e. The van der Waals surface area contributed by atoms with Crippen molar-refractivity contribution in [3.05, 3.63) is 16.1 Å². The Labute approximate surface area is 129 Å². The minimum absolute atomic E-state index is 0.174. The van der Waals surface area contributed by atoms with Crippen LogP contribution >= 0.6 is 11.3 Å². The van der Waals surface area contributed by atoms with Crippen molar-refractivity contribution in [3.63, 3.8) is 0 Å². The topological polar surface area (TPSA) is 82.5 Å². The fraction of sp³-hybridized carbons (Fsp3) is 0.643. The Morgan fingerprint density at radius 3 is 2.43 bits per heavy atom. The first-order chi connectivity index (χ1) is 9.72. The van der Waals surface area contributed by atoms with Crippen LogP contribution in [0.1, 0.15) is 44.3 Å². The molecular weight excluding hydrogens is 290 g/mol. The molecule has 0 saturated heterocycles. The van der Waals surface area contributed by atoms with E-state index in [1.165, 1.54) is 4.90 Å². The van der Waals surface area contributed by atoms with Crippen molar-refractivity contribution < 1.29 is 14.7 Å². The molecule has 21 heavy (non-hydrogen) atoms. The first-order valence-corrected chi connectivity index (χ1v) is 7.79. The molecule has 2 N–H and O–H groups in total. The standard InChI is InChI=1S/C14H23N3O3S/c1-8(2)11(13(18)19)16-14(20)17(5)6-10-7-21-12(15-10)9(3)4/h7-9,11H,6H2,1-5H3,(H,16,20)(H,18,19)/t11-/m1/s1. The van der Waals surface area contributed by atoms with E-state index in [4.69, 9.17) is 5.11 Å². The molecule has 0 spiro atoms. The second-order valence-electron chi connectivity index (χ2n) is 5.70. The van der Waals surface area contributed by atoms with E-state index in [-0.39, 0.29) is 5.92 Å². The van der Waals surface area contributed by atoms with E-state index in [0.29, 0.717) is 12.5 Å². The molecule has 2 amide bonds. The average Bonchev–Trinajstić information content (AvgIpc) is 2.83. The second-order valence-corrected chi connectivity index (χ2v) is 6.59. The number of nitrogens with one attached hydrogen (secondary N) is 1. The molecule has 0 saturated carbocycles. The monoisotopic (exact) mass is 313 g/mol. The summed E-state index contributed by atoms with van der Waals surface area (Å²) < 4.78 is 0. The quantitative estimate of drug-likeness (QED) is 0.845. The summed E-state index contributed by atoms with van der Waals surface area (Å²) in [5, 5.41) is 14.6. The highest BCUT2D eigenvalue weighted by Gasteiger charge is 2.25. The minimum Gasteiger partial charge on any atom is -0.480 e. The van der Waals surface area contributed by atoms with Crippen molar-refractivity contribution in [3.8, 4) is 0 Å². The van der Waals surface area contributed by atoms with Gasteiger partial charge in [0.25, 0.3) is 0 Å². The van der Waals surface area contributed by atoms with Gasteiger partial charge in [0.1, 0.15) is 6.04 Å². The van der Waals surface area contributed by atoms with Gasteiger partial charge in [0, 0.05) is 18.3 Å². The summed E-state index contributed by atoms with van der Waals surface area (Å²) in [6, 6.07) is -1.29. The third-order valence-corrected chi connectivity index (χ3v) is 4.22. The van der Waals surface area contributed by atoms with Crippen LogP contribution in [0, 0.1) is 5.92 Å². The number of carboxylic acids is 1. The summed E-state index contributed by atoms with van der Waals surface area (Å²) in [6.07, 6.45) is 0. The van der Waals surface area contributed by atoms with Gasteiger partial charge in [0.05, 0.1) is 17.2 Å². The van der Waals surface area contributed by atoms with Crippen molar-refractivity contribution in [2.24, 2.45) is 5.92 Å². The normalized spacial score (nSPS) is 12.5. The van der Waals surface area contributed by atoms with Crippen molar-refractivity contribution in [1.29, 1.82) is 0 Å². The van der Waals surface area contributed by atoms with Crippen molar-refractivity contribution in [1.82, 2.24) is 15.2 Å². The SMILES string of the molecule is CC(C)c1nc(CN(C)C(=O)N[C@@H](C(=O)O)C(C)C)cs1. The van der Waals surface area contributed by atoms with E-state index in [2.05, 4.69) is 24.1 Å². The third kappa shape index (κ3) is 5.00. The van der Waals surface area contributed by atoms with Crippen LogP contribution in [0.4, 0.5) is 4.79 Å². The number of amides is 2. The molecule has 1 aromatic heterocycles. The molecule has 1 heterocycles. The molecule has 118 valence electrons. The van der Waals surface area contributed by atoms with Crippen molar-refractivity contribution in [2.45, 2.75) is 46.2 Å². The number of aliphatic carboxylic acids is 1. The first-order valence-electron chi connectivity index (χ1n) is 6.91. The number of rotatable bonds is 6. The molecule has 0 bridgehead atoms. The Balaban J connectivity index is 2.63. The molecular formula is C14H23N3O3S. The van der Waals surface area contributed by atoms with Crippen molar-refractivity contribution in [2.75, 3.05) is 7.05 Å². The van der Waals surface area contributed by atoms with Gasteiger partial charge >= 0.3 is 12.0 Å². The fourth-order valence-electron chi connectivity index (χ4n) is 1.73.